The van der Waals surface area contributed by atoms with E-state index in [0.29, 0.717) is 11.5 Å². The number of hydrogen-bond donors (Lipinski definition) is 1. The Bertz CT molecular complexity index is 446. The molecule has 2 saturated carbocycles. The van der Waals surface area contributed by atoms with Gasteiger partial charge in [-0.1, -0.05) is 30.3 Å². The normalized spacial score (nSPS) is 23.9. The maximum absolute atomic E-state index is 4.70. The van der Waals surface area contributed by atoms with Gasteiger partial charge in [0.1, 0.15) is 0 Å². The zero-order chi connectivity index (χ0) is 12.6. The first kappa shape index (κ1) is 11.6. The van der Waals surface area contributed by atoms with Crippen LogP contribution in [0.15, 0.2) is 35.3 Å². The maximum atomic E-state index is 4.70. The molecule has 3 rings (SSSR count). The van der Waals surface area contributed by atoms with Gasteiger partial charge in [0.15, 0.2) is 5.96 Å². The summed E-state index contributed by atoms with van der Waals surface area (Å²) in [6.45, 7) is 0.751. The molecule has 1 atom stereocenters. The Hall–Kier alpha value is -1.51. The van der Waals surface area contributed by atoms with Crippen LogP contribution >= 0.6 is 0 Å². The molecular formula is C15H21N3. The van der Waals surface area contributed by atoms with Gasteiger partial charge in [-0.2, -0.15) is 0 Å². The van der Waals surface area contributed by atoms with Gasteiger partial charge < -0.3 is 10.2 Å². The Morgan fingerprint density at radius 2 is 2.06 bits per heavy atom. The first-order valence-corrected chi connectivity index (χ1v) is 6.72. The highest BCUT2D eigenvalue weighted by atomic mass is 15.3. The molecule has 0 aromatic heterocycles. The fourth-order valence-corrected chi connectivity index (χ4v) is 2.49. The van der Waals surface area contributed by atoms with E-state index in [0.717, 1.165) is 12.5 Å². The minimum Gasteiger partial charge on any atom is -0.353 e. The summed E-state index contributed by atoms with van der Waals surface area (Å²) in [4.78, 5) is 6.78. The van der Waals surface area contributed by atoms with Crippen LogP contribution in [0.4, 0.5) is 0 Å². The molecule has 1 aromatic carbocycles. The molecule has 3 heteroatoms. The molecule has 1 aromatic rings. The molecule has 0 bridgehead atoms. The molecule has 2 fully saturated rings. The first-order chi connectivity index (χ1) is 8.70. The Morgan fingerprint density at radius 3 is 2.61 bits per heavy atom. The van der Waals surface area contributed by atoms with Gasteiger partial charge in [0.05, 0.1) is 6.54 Å². The van der Waals surface area contributed by atoms with Crippen LogP contribution in [0.25, 0.3) is 0 Å². The van der Waals surface area contributed by atoms with Crippen molar-refractivity contribution < 1.29 is 0 Å². The summed E-state index contributed by atoms with van der Waals surface area (Å²) in [7, 11) is 4.11. The summed E-state index contributed by atoms with van der Waals surface area (Å²) in [5.41, 5.74) is 1.93. The zero-order valence-electron chi connectivity index (χ0n) is 11.2. The van der Waals surface area contributed by atoms with Crippen molar-refractivity contribution in [1.29, 1.82) is 0 Å². The molecule has 0 radical (unpaired) electrons. The lowest BCUT2D eigenvalue weighted by Crippen LogP contribution is -2.38. The number of benzene rings is 1. The van der Waals surface area contributed by atoms with E-state index in [9.17, 15) is 0 Å². The summed E-state index contributed by atoms with van der Waals surface area (Å²) in [5.74, 6) is 1.02. The van der Waals surface area contributed by atoms with Crippen LogP contribution in [-0.2, 0) is 6.54 Å². The third-order valence-corrected chi connectivity index (χ3v) is 4.06. The van der Waals surface area contributed by atoms with Gasteiger partial charge in [-0.25, -0.2) is 4.99 Å². The van der Waals surface area contributed by atoms with Crippen molar-refractivity contribution in [2.45, 2.75) is 31.8 Å². The predicted octanol–water partition coefficient (Wildman–Crippen LogP) is 2.25. The van der Waals surface area contributed by atoms with E-state index in [1.54, 1.807) is 0 Å². The lowest BCUT2D eigenvalue weighted by atomic mass is 10.2. The number of rotatable bonds is 3. The lowest BCUT2D eigenvalue weighted by molar-refractivity contribution is 0.569. The highest BCUT2D eigenvalue weighted by Crippen LogP contribution is 2.65. The first-order valence-electron chi connectivity index (χ1n) is 6.72. The summed E-state index contributed by atoms with van der Waals surface area (Å²) in [6, 6.07) is 11.1. The smallest absolute Gasteiger partial charge is 0.193 e. The van der Waals surface area contributed by atoms with E-state index in [1.165, 1.54) is 24.8 Å². The topological polar surface area (TPSA) is 27.6 Å². The SMILES string of the molecule is CN(C)C(=NCc1ccccc1)NC1CC12CC2. The van der Waals surface area contributed by atoms with E-state index >= 15 is 0 Å². The molecule has 0 aliphatic heterocycles. The Labute approximate surface area is 109 Å². The minimum absolute atomic E-state index is 0.670. The van der Waals surface area contributed by atoms with Gasteiger partial charge in [-0.05, 0) is 30.2 Å². The third kappa shape index (κ3) is 2.35. The minimum atomic E-state index is 0.670. The second kappa shape index (κ2) is 4.30. The van der Waals surface area contributed by atoms with E-state index in [4.69, 9.17) is 4.99 Å². The Kier molecular flexibility index (Phi) is 2.77. The van der Waals surface area contributed by atoms with Crippen LogP contribution in [0.3, 0.4) is 0 Å². The fourth-order valence-electron chi connectivity index (χ4n) is 2.49. The van der Waals surface area contributed by atoms with Crippen molar-refractivity contribution in [2.24, 2.45) is 10.4 Å². The number of nitrogens with zero attached hydrogens (tertiary/aromatic N) is 2. The molecule has 0 amide bonds. The van der Waals surface area contributed by atoms with Crippen LogP contribution in [0.2, 0.25) is 0 Å². The van der Waals surface area contributed by atoms with E-state index in [1.807, 2.05) is 6.07 Å². The highest BCUT2D eigenvalue weighted by Gasteiger charge is 2.63. The number of guanidine groups is 1. The van der Waals surface area contributed by atoms with Crippen molar-refractivity contribution in [1.82, 2.24) is 10.2 Å². The highest BCUT2D eigenvalue weighted by molar-refractivity contribution is 5.80. The van der Waals surface area contributed by atoms with Crippen molar-refractivity contribution >= 4 is 5.96 Å². The van der Waals surface area contributed by atoms with Crippen molar-refractivity contribution in [3.8, 4) is 0 Å². The molecule has 2 aliphatic rings. The second-order valence-corrected chi connectivity index (χ2v) is 5.78. The summed E-state index contributed by atoms with van der Waals surface area (Å²) >= 11 is 0. The molecule has 1 spiro atoms. The monoisotopic (exact) mass is 243 g/mol. The van der Waals surface area contributed by atoms with Crippen LogP contribution in [0, 0.1) is 5.41 Å². The van der Waals surface area contributed by atoms with Gasteiger partial charge in [0, 0.05) is 20.1 Å². The molecular weight excluding hydrogens is 222 g/mol. The average Bonchev–Trinajstić information content (AvgIpc) is 3.27. The van der Waals surface area contributed by atoms with Gasteiger partial charge in [-0.15, -0.1) is 0 Å². The van der Waals surface area contributed by atoms with Gasteiger partial charge in [0.2, 0.25) is 0 Å². The van der Waals surface area contributed by atoms with Crippen molar-refractivity contribution in [2.75, 3.05) is 14.1 Å². The molecule has 2 aliphatic carbocycles. The van der Waals surface area contributed by atoms with E-state index in [2.05, 4.69) is 48.6 Å². The number of nitrogens with one attached hydrogen (secondary N) is 1. The zero-order valence-corrected chi connectivity index (χ0v) is 11.2. The summed E-state index contributed by atoms with van der Waals surface area (Å²) < 4.78 is 0. The molecule has 1 unspecified atom stereocenters. The quantitative estimate of drug-likeness (QED) is 0.651. The number of aliphatic imine (C=N–C) groups is 1. The molecule has 3 nitrogen and oxygen atoms in total. The van der Waals surface area contributed by atoms with E-state index < -0.39 is 0 Å². The van der Waals surface area contributed by atoms with Crippen molar-refractivity contribution in [3.63, 3.8) is 0 Å². The molecule has 0 heterocycles. The number of hydrogen-bond acceptors (Lipinski definition) is 1. The fraction of sp³-hybridized carbons (Fsp3) is 0.533. The predicted molar refractivity (Wildman–Crippen MR) is 74.5 cm³/mol. The molecule has 96 valence electrons. The molecule has 18 heavy (non-hydrogen) atoms. The molecule has 0 saturated heterocycles. The lowest BCUT2D eigenvalue weighted by Gasteiger charge is -2.17. The summed E-state index contributed by atoms with van der Waals surface area (Å²) in [5, 5.41) is 3.59. The maximum Gasteiger partial charge on any atom is 0.193 e. The van der Waals surface area contributed by atoms with Gasteiger partial charge in [0.25, 0.3) is 0 Å². The van der Waals surface area contributed by atoms with E-state index in [-0.39, 0.29) is 0 Å². The average molecular weight is 243 g/mol. The van der Waals surface area contributed by atoms with Crippen LogP contribution in [0.5, 0.6) is 0 Å². The standard InChI is InChI=1S/C15H21N3/c1-18(2)14(17-13-10-15(13)8-9-15)16-11-12-6-4-3-5-7-12/h3-7,13H,8-11H2,1-2H3,(H,16,17). The van der Waals surface area contributed by atoms with Crippen LogP contribution < -0.4 is 5.32 Å². The Morgan fingerprint density at radius 1 is 1.33 bits per heavy atom. The second-order valence-electron chi connectivity index (χ2n) is 5.78. The Balaban J connectivity index is 1.62. The third-order valence-electron chi connectivity index (χ3n) is 4.06. The van der Waals surface area contributed by atoms with Crippen LogP contribution in [0.1, 0.15) is 24.8 Å². The molecule has 1 N–H and O–H groups in total. The van der Waals surface area contributed by atoms with Gasteiger partial charge in [-0.3, -0.25) is 0 Å². The van der Waals surface area contributed by atoms with Crippen molar-refractivity contribution in [3.05, 3.63) is 35.9 Å². The largest absolute Gasteiger partial charge is 0.353 e. The van der Waals surface area contributed by atoms with Crippen LogP contribution in [-0.4, -0.2) is 31.0 Å². The van der Waals surface area contributed by atoms with Gasteiger partial charge >= 0.3 is 0 Å². The summed E-state index contributed by atoms with van der Waals surface area (Å²) in [6.07, 6.45) is 4.15.